The second kappa shape index (κ2) is 2.41. The molecule has 0 saturated carbocycles. The van der Waals surface area contributed by atoms with Crippen LogP contribution in [0.2, 0.25) is 0 Å². The average molecular weight is 172 g/mol. The first-order chi connectivity index (χ1) is 5.26. The van der Waals surface area contributed by atoms with Gasteiger partial charge in [0.05, 0.1) is 11.7 Å². The second-order valence-electron chi connectivity index (χ2n) is 3.49. The van der Waals surface area contributed by atoms with Gasteiger partial charge in [-0.2, -0.15) is 0 Å². The van der Waals surface area contributed by atoms with Gasteiger partial charge in [0.15, 0.2) is 0 Å². The van der Waals surface area contributed by atoms with E-state index in [-0.39, 0.29) is 0 Å². The van der Waals surface area contributed by atoms with Gasteiger partial charge >= 0.3 is 0 Å². The van der Waals surface area contributed by atoms with E-state index >= 15 is 0 Å². The van der Waals surface area contributed by atoms with Crippen LogP contribution in [-0.2, 0) is 0 Å². The van der Waals surface area contributed by atoms with Crippen LogP contribution in [0.3, 0.4) is 0 Å². The minimum atomic E-state index is -1.22. The van der Waals surface area contributed by atoms with E-state index in [4.69, 9.17) is 34.4 Å². The molecule has 0 aliphatic heterocycles. The molecule has 1 rings (SSSR count). The molecule has 0 fully saturated rings. The lowest BCUT2D eigenvalue weighted by Crippen LogP contribution is -2.77. The normalized spacial score (nSPS) is 32.8. The van der Waals surface area contributed by atoms with Crippen molar-refractivity contribution in [3.05, 3.63) is 11.8 Å². The van der Waals surface area contributed by atoms with Gasteiger partial charge < -0.3 is 34.4 Å². The van der Waals surface area contributed by atoms with Gasteiger partial charge in [-0.3, -0.25) is 0 Å². The van der Waals surface area contributed by atoms with Crippen molar-refractivity contribution in [1.82, 2.24) is 0 Å². The number of rotatable bonds is 0. The van der Waals surface area contributed by atoms with Crippen molar-refractivity contribution >= 4 is 0 Å². The summed E-state index contributed by atoms with van der Waals surface area (Å²) < 4.78 is 0. The number of hydrogen-bond donors (Lipinski definition) is 6. The van der Waals surface area contributed by atoms with Gasteiger partial charge in [-0.25, -0.2) is 0 Å². The molecule has 1 unspecified atom stereocenters. The highest BCUT2D eigenvalue weighted by Crippen LogP contribution is 2.21. The Bertz CT molecular complexity index is 218. The van der Waals surface area contributed by atoms with Crippen LogP contribution in [-0.4, -0.2) is 17.4 Å². The van der Waals surface area contributed by atoms with Gasteiger partial charge in [-0.05, 0) is 6.08 Å². The summed E-state index contributed by atoms with van der Waals surface area (Å²) in [6.07, 6.45) is 1.81. The molecule has 6 nitrogen and oxygen atoms in total. The van der Waals surface area contributed by atoms with Crippen LogP contribution in [0, 0.1) is 0 Å². The highest BCUT2D eigenvalue weighted by Gasteiger charge is 2.43. The monoisotopic (exact) mass is 172 g/mol. The first-order valence-corrected chi connectivity index (χ1v) is 3.64. The third kappa shape index (κ3) is 1.43. The molecule has 0 bridgehead atoms. The molecule has 12 N–H and O–H groups in total. The zero-order valence-electron chi connectivity index (χ0n) is 6.83. The third-order valence-corrected chi connectivity index (χ3v) is 2.06. The zero-order valence-corrected chi connectivity index (χ0v) is 6.83. The lowest BCUT2D eigenvalue weighted by molar-refractivity contribution is 0.249. The van der Waals surface area contributed by atoms with Crippen LogP contribution in [0.4, 0.5) is 0 Å². The van der Waals surface area contributed by atoms with E-state index < -0.39 is 17.4 Å². The highest BCUT2D eigenvalue weighted by molar-refractivity contribution is 5.24. The standard InChI is InChI=1S/C6H16N6/c7-3-1-5(9,10)4(8)6(11,12)2-3/h1,4H,2,7-12H2. The Kier molecular flexibility index (Phi) is 1.89. The van der Waals surface area contributed by atoms with Crippen molar-refractivity contribution in [2.45, 2.75) is 23.8 Å². The quantitative estimate of drug-likeness (QED) is 0.211. The van der Waals surface area contributed by atoms with E-state index in [1.165, 1.54) is 6.08 Å². The molecule has 0 radical (unpaired) electrons. The Morgan fingerprint density at radius 3 is 2.17 bits per heavy atom. The lowest BCUT2D eigenvalue weighted by atomic mass is 9.82. The molecular formula is C6H16N6. The maximum atomic E-state index is 5.66. The Balaban J connectivity index is 3.02. The van der Waals surface area contributed by atoms with Gasteiger partial charge in [-0.15, -0.1) is 0 Å². The average Bonchev–Trinajstić information content (AvgIpc) is 1.80. The van der Waals surface area contributed by atoms with Crippen LogP contribution >= 0.6 is 0 Å². The van der Waals surface area contributed by atoms with E-state index in [1.807, 2.05) is 0 Å². The maximum Gasteiger partial charge on any atom is 0.104 e. The fourth-order valence-corrected chi connectivity index (χ4v) is 1.39. The number of nitrogens with two attached hydrogens (primary N) is 6. The second-order valence-corrected chi connectivity index (χ2v) is 3.49. The summed E-state index contributed by atoms with van der Waals surface area (Å²) in [5.41, 5.74) is 31.9. The van der Waals surface area contributed by atoms with E-state index in [0.717, 1.165) is 0 Å². The van der Waals surface area contributed by atoms with Gasteiger partial charge in [0, 0.05) is 12.1 Å². The summed E-state index contributed by atoms with van der Waals surface area (Å²) in [6, 6.07) is -0.697. The first-order valence-electron chi connectivity index (χ1n) is 3.64. The van der Waals surface area contributed by atoms with E-state index in [9.17, 15) is 0 Å². The van der Waals surface area contributed by atoms with Crippen LogP contribution in [0.25, 0.3) is 0 Å². The summed E-state index contributed by atoms with van der Waals surface area (Å²) in [6.45, 7) is 0. The predicted octanol–water partition coefficient (Wildman–Crippen LogP) is -3.21. The largest absolute Gasteiger partial charge is 0.402 e. The van der Waals surface area contributed by atoms with Crippen molar-refractivity contribution < 1.29 is 0 Å². The van der Waals surface area contributed by atoms with Crippen LogP contribution in [0.1, 0.15) is 6.42 Å². The Hall–Kier alpha value is -0.660. The summed E-state index contributed by atoms with van der Waals surface area (Å²) in [5, 5.41) is 0. The van der Waals surface area contributed by atoms with E-state index in [2.05, 4.69) is 0 Å². The van der Waals surface area contributed by atoms with Gasteiger partial charge in [0.2, 0.25) is 0 Å². The van der Waals surface area contributed by atoms with Crippen molar-refractivity contribution in [3.8, 4) is 0 Å². The maximum absolute atomic E-state index is 5.66. The molecule has 1 aliphatic carbocycles. The van der Waals surface area contributed by atoms with Gasteiger partial charge in [0.25, 0.3) is 0 Å². The summed E-state index contributed by atoms with van der Waals surface area (Å²) in [4.78, 5) is 0. The molecule has 1 atom stereocenters. The molecule has 0 aromatic rings. The molecule has 0 heterocycles. The molecule has 0 amide bonds. The van der Waals surface area contributed by atoms with Crippen LogP contribution < -0.4 is 34.4 Å². The molecule has 70 valence electrons. The Morgan fingerprint density at radius 1 is 1.25 bits per heavy atom. The third-order valence-electron chi connectivity index (χ3n) is 2.06. The summed E-state index contributed by atoms with van der Waals surface area (Å²) >= 11 is 0. The fourth-order valence-electron chi connectivity index (χ4n) is 1.39. The van der Waals surface area contributed by atoms with Gasteiger partial charge in [-0.1, -0.05) is 0 Å². The lowest BCUT2D eigenvalue weighted by Gasteiger charge is -2.43. The topological polar surface area (TPSA) is 156 Å². The van der Waals surface area contributed by atoms with Crippen molar-refractivity contribution in [3.63, 3.8) is 0 Å². The van der Waals surface area contributed by atoms with Crippen LogP contribution in [0.15, 0.2) is 11.8 Å². The molecule has 0 aromatic heterocycles. The molecule has 12 heavy (non-hydrogen) atoms. The first kappa shape index (κ1) is 9.43. The molecule has 0 spiro atoms. The molecule has 0 saturated heterocycles. The Labute approximate surface area is 70.9 Å². The van der Waals surface area contributed by atoms with Crippen molar-refractivity contribution in [2.24, 2.45) is 34.4 Å². The van der Waals surface area contributed by atoms with Crippen LogP contribution in [0.5, 0.6) is 0 Å². The molecule has 1 aliphatic rings. The fraction of sp³-hybridized carbons (Fsp3) is 0.667. The predicted molar refractivity (Wildman–Crippen MR) is 47.1 cm³/mol. The number of hydrogen-bond acceptors (Lipinski definition) is 6. The molecule has 6 heteroatoms. The minimum absolute atomic E-state index is 0.310. The SMILES string of the molecule is NC1=CC(N)(N)C(N)C(N)(N)C1. The Morgan fingerprint density at radius 2 is 1.75 bits per heavy atom. The van der Waals surface area contributed by atoms with E-state index in [1.54, 1.807) is 0 Å². The molecule has 0 aromatic carbocycles. The zero-order chi connectivity index (χ0) is 9.57. The highest BCUT2D eigenvalue weighted by atomic mass is 15.1. The minimum Gasteiger partial charge on any atom is -0.402 e. The summed E-state index contributed by atoms with van der Waals surface area (Å²) in [5.74, 6) is 0. The summed E-state index contributed by atoms with van der Waals surface area (Å²) in [7, 11) is 0. The van der Waals surface area contributed by atoms with Crippen molar-refractivity contribution in [2.75, 3.05) is 0 Å². The smallest absolute Gasteiger partial charge is 0.104 e. The molecular weight excluding hydrogens is 156 g/mol. The van der Waals surface area contributed by atoms with Gasteiger partial charge in [0.1, 0.15) is 5.66 Å². The van der Waals surface area contributed by atoms with E-state index in [0.29, 0.717) is 12.1 Å². The van der Waals surface area contributed by atoms with Crippen molar-refractivity contribution in [1.29, 1.82) is 0 Å².